The molecule has 0 spiro atoms. The van der Waals surface area contributed by atoms with Crippen LogP contribution in [0.25, 0.3) is 5.78 Å². The molecular formula is C19H21N5O3S. The number of amides is 1. The van der Waals surface area contributed by atoms with Gasteiger partial charge >= 0.3 is 5.97 Å². The van der Waals surface area contributed by atoms with Crippen LogP contribution in [0.5, 0.6) is 0 Å². The number of thioether (sulfide) groups is 1. The number of fused-ring (bicyclic) bond motifs is 1. The molecule has 3 rings (SSSR count). The highest BCUT2D eigenvalue weighted by Gasteiger charge is 2.12. The van der Waals surface area contributed by atoms with Crippen LogP contribution < -0.4 is 5.32 Å². The van der Waals surface area contributed by atoms with Gasteiger partial charge in [-0.2, -0.15) is 4.98 Å². The van der Waals surface area contributed by atoms with Crippen molar-refractivity contribution in [3.05, 3.63) is 47.3 Å². The first-order valence-corrected chi connectivity index (χ1v) is 9.75. The zero-order valence-corrected chi connectivity index (χ0v) is 16.9. The first kappa shape index (κ1) is 19.8. The van der Waals surface area contributed by atoms with Gasteiger partial charge in [-0.15, -0.1) is 5.10 Å². The zero-order valence-electron chi connectivity index (χ0n) is 16.1. The summed E-state index contributed by atoms with van der Waals surface area (Å²) in [5.41, 5.74) is 2.84. The van der Waals surface area contributed by atoms with Gasteiger partial charge in [-0.25, -0.2) is 14.3 Å². The number of nitrogens with zero attached hydrogens (tertiary/aromatic N) is 4. The van der Waals surface area contributed by atoms with Gasteiger partial charge in [0.15, 0.2) is 0 Å². The van der Waals surface area contributed by atoms with Crippen molar-refractivity contribution in [3.63, 3.8) is 0 Å². The van der Waals surface area contributed by atoms with Crippen molar-refractivity contribution in [1.29, 1.82) is 0 Å². The van der Waals surface area contributed by atoms with Crippen LogP contribution in [0.4, 0.5) is 5.69 Å². The number of aryl methyl sites for hydroxylation is 2. The van der Waals surface area contributed by atoms with Gasteiger partial charge in [0.2, 0.25) is 11.1 Å². The van der Waals surface area contributed by atoms with Gasteiger partial charge in [-0.3, -0.25) is 4.79 Å². The molecule has 1 N–H and O–H groups in total. The van der Waals surface area contributed by atoms with E-state index in [-0.39, 0.29) is 23.7 Å². The van der Waals surface area contributed by atoms with Crippen molar-refractivity contribution in [3.8, 4) is 0 Å². The Labute approximate surface area is 166 Å². The van der Waals surface area contributed by atoms with Gasteiger partial charge in [0.1, 0.15) is 0 Å². The standard InChI is InChI=1S/C19H21N5O3S/c1-11(2)27-17(26)14-5-7-15(8-6-14)21-16(25)10-28-19-22-18-20-12(3)9-13(4)24(18)23-19/h5-9,11H,10H2,1-4H3,(H,21,25). The maximum absolute atomic E-state index is 12.2. The van der Waals surface area contributed by atoms with Gasteiger partial charge in [0.25, 0.3) is 5.78 Å². The minimum absolute atomic E-state index is 0.159. The van der Waals surface area contributed by atoms with E-state index >= 15 is 0 Å². The van der Waals surface area contributed by atoms with Crippen LogP contribution in [0.1, 0.15) is 35.6 Å². The van der Waals surface area contributed by atoms with E-state index in [1.807, 2.05) is 19.9 Å². The molecule has 0 fully saturated rings. The second kappa shape index (κ2) is 8.39. The summed E-state index contributed by atoms with van der Waals surface area (Å²) in [6.07, 6.45) is -0.181. The number of anilines is 1. The minimum Gasteiger partial charge on any atom is -0.459 e. The van der Waals surface area contributed by atoms with E-state index in [9.17, 15) is 9.59 Å². The lowest BCUT2D eigenvalue weighted by molar-refractivity contribution is -0.113. The van der Waals surface area contributed by atoms with Gasteiger partial charge in [-0.05, 0) is 58.0 Å². The van der Waals surface area contributed by atoms with Crippen molar-refractivity contribution in [2.24, 2.45) is 0 Å². The molecule has 1 amide bonds. The highest BCUT2D eigenvalue weighted by Crippen LogP contribution is 2.17. The van der Waals surface area contributed by atoms with E-state index in [1.54, 1.807) is 42.6 Å². The molecule has 2 aromatic heterocycles. The Balaban J connectivity index is 1.57. The molecule has 0 aliphatic carbocycles. The third kappa shape index (κ3) is 4.86. The summed E-state index contributed by atoms with van der Waals surface area (Å²) >= 11 is 1.23. The van der Waals surface area contributed by atoms with E-state index in [2.05, 4.69) is 20.4 Å². The van der Waals surface area contributed by atoms with Crippen molar-refractivity contribution >= 4 is 35.1 Å². The van der Waals surface area contributed by atoms with E-state index in [4.69, 9.17) is 4.74 Å². The molecule has 146 valence electrons. The summed E-state index contributed by atoms with van der Waals surface area (Å²) < 4.78 is 6.79. The van der Waals surface area contributed by atoms with Crippen molar-refractivity contribution in [2.75, 3.05) is 11.1 Å². The van der Waals surface area contributed by atoms with E-state index in [0.29, 0.717) is 22.2 Å². The van der Waals surface area contributed by atoms with Gasteiger partial charge in [0.05, 0.1) is 17.4 Å². The Morgan fingerprint density at radius 2 is 1.89 bits per heavy atom. The molecule has 9 heteroatoms. The molecule has 0 aliphatic heterocycles. The Bertz CT molecular complexity index is 1010. The fourth-order valence-electron chi connectivity index (χ4n) is 2.51. The van der Waals surface area contributed by atoms with E-state index in [0.717, 1.165) is 11.4 Å². The normalized spacial score (nSPS) is 11.0. The maximum atomic E-state index is 12.2. The second-order valence-electron chi connectivity index (χ2n) is 6.51. The fraction of sp³-hybridized carbons (Fsp3) is 0.316. The zero-order chi connectivity index (χ0) is 20.3. The summed E-state index contributed by atoms with van der Waals surface area (Å²) in [6, 6.07) is 8.49. The molecule has 28 heavy (non-hydrogen) atoms. The molecule has 0 saturated carbocycles. The Hall–Kier alpha value is -2.94. The molecule has 1 aromatic carbocycles. The number of carbonyl (C=O) groups excluding carboxylic acids is 2. The number of hydrogen-bond acceptors (Lipinski definition) is 7. The summed E-state index contributed by atoms with van der Waals surface area (Å²) in [4.78, 5) is 32.7. The molecule has 0 atom stereocenters. The van der Waals surface area contributed by atoms with Crippen LogP contribution >= 0.6 is 11.8 Å². The lowest BCUT2D eigenvalue weighted by Crippen LogP contribution is -2.15. The van der Waals surface area contributed by atoms with Crippen LogP contribution in [0.15, 0.2) is 35.5 Å². The molecule has 3 aromatic rings. The summed E-state index contributed by atoms with van der Waals surface area (Å²) in [7, 11) is 0. The maximum Gasteiger partial charge on any atom is 0.338 e. The van der Waals surface area contributed by atoms with Crippen LogP contribution in [-0.2, 0) is 9.53 Å². The highest BCUT2D eigenvalue weighted by molar-refractivity contribution is 7.99. The topological polar surface area (TPSA) is 98.5 Å². The number of esters is 1. The third-order valence-corrected chi connectivity index (χ3v) is 4.52. The van der Waals surface area contributed by atoms with Gasteiger partial charge < -0.3 is 10.1 Å². The largest absolute Gasteiger partial charge is 0.459 e. The molecule has 0 unspecified atom stereocenters. The third-order valence-electron chi connectivity index (χ3n) is 3.68. The van der Waals surface area contributed by atoms with Crippen molar-refractivity contribution in [2.45, 2.75) is 39.0 Å². The van der Waals surface area contributed by atoms with E-state index in [1.165, 1.54) is 11.8 Å². The highest BCUT2D eigenvalue weighted by atomic mass is 32.2. The summed E-state index contributed by atoms with van der Waals surface area (Å²) in [6.45, 7) is 7.41. The molecule has 0 saturated heterocycles. The SMILES string of the molecule is Cc1cc(C)n2nc(SCC(=O)Nc3ccc(C(=O)OC(C)C)cc3)nc2n1. The first-order chi connectivity index (χ1) is 13.3. The van der Waals surface area contributed by atoms with Crippen LogP contribution in [-0.4, -0.2) is 43.3 Å². The monoisotopic (exact) mass is 399 g/mol. The number of aromatic nitrogens is 4. The average molecular weight is 399 g/mol. The van der Waals surface area contributed by atoms with Crippen LogP contribution in [0.2, 0.25) is 0 Å². The minimum atomic E-state index is -0.388. The predicted octanol–water partition coefficient (Wildman–Crippen LogP) is 3.04. The lowest BCUT2D eigenvalue weighted by atomic mass is 10.2. The second-order valence-corrected chi connectivity index (χ2v) is 7.46. The van der Waals surface area contributed by atoms with Gasteiger partial charge in [0, 0.05) is 17.1 Å². The fourth-order valence-corrected chi connectivity index (χ4v) is 3.13. The summed E-state index contributed by atoms with van der Waals surface area (Å²) in [5.74, 6) is 0.0958. The Morgan fingerprint density at radius 1 is 1.18 bits per heavy atom. The average Bonchev–Trinajstić information content (AvgIpc) is 3.03. The number of rotatable bonds is 6. The van der Waals surface area contributed by atoms with E-state index < -0.39 is 0 Å². The summed E-state index contributed by atoms with van der Waals surface area (Å²) in [5, 5.41) is 7.63. The Morgan fingerprint density at radius 3 is 2.57 bits per heavy atom. The number of benzene rings is 1. The predicted molar refractivity (Wildman–Crippen MR) is 107 cm³/mol. The van der Waals surface area contributed by atoms with Crippen LogP contribution in [0, 0.1) is 13.8 Å². The first-order valence-electron chi connectivity index (χ1n) is 8.76. The van der Waals surface area contributed by atoms with Crippen LogP contribution in [0.3, 0.4) is 0 Å². The quantitative estimate of drug-likeness (QED) is 0.502. The number of nitrogens with one attached hydrogen (secondary N) is 1. The molecule has 0 bridgehead atoms. The Kier molecular flexibility index (Phi) is 5.93. The molecule has 0 aliphatic rings. The molecule has 0 radical (unpaired) electrons. The molecule has 8 nitrogen and oxygen atoms in total. The molecular weight excluding hydrogens is 378 g/mol. The van der Waals surface area contributed by atoms with Crippen molar-refractivity contribution < 1.29 is 14.3 Å². The molecule has 2 heterocycles. The lowest BCUT2D eigenvalue weighted by Gasteiger charge is -2.08. The van der Waals surface area contributed by atoms with Crippen molar-refractivity contribution in [1.82, 2.24) is 19.6 Å². The smallest absolute Gasteiger partial charge is 0.338 e. The van der Waals surface area contributed by atoms with Gasteiger partial charge in [-0.1, -0.05) is 11.8 Å². The number of hydrogen-bond donors (Lipinski definition) is 1. The number of carbonyl (C=O) groups is 2. The number of ether oxygens (including phenoxy) is 1.